The first kappa shape index (κ1) is 23.2. The lowest BCUT2D eigenvalue weighted by molar-refractivity contribution is 0.203. The van der Waals surface area contributed by atoms with Gasteiger partial charge in [0.05, 0.1) is 10.7 Å². The lowest BCUT2D eigenvalue weighted by Crippen LogP contribution is -2.43. The molecule has 0 amide bonds. The van der Waals surface area contributed by atoms with E-state index in [4.69, 9.17) is 11.6 Å². The number of nitrogens with zero attached hydrogens (tertiary/aromatic N) is 3. The number of halogens is 2. The third-order valence-electron chi connectivity index (χ3n) is 5.87. The molecule has 0 spiro atoms. The summed E-state index contributed by atoms with van der Waals surface area (Å²) in [6.45, 7) is 2.78. The molecule has 1 aromatic heterocycles. The molecule has 3 aromatic rings. The summed E-state index contributed by atoms with van der Waals surface area (Å²) in [4.78, 5) is 8.00. The maximum absolute atomic E-state index is 14.9. The van der Waals surface area contributed by atoms with Crippen molar-refractivity contribution in [2.75, 3.05) is 25.0 Å². The maximum atomic E-state index is 14.9. The van der Waals surface area contributed by atoms with Crippen LogP contribution in [-0.4, -0.2) is 44.5 Å². The van der Waals surface area contributed by atoms with Gasteiger partial charge in [-0.15, -0.1) is 11.3 Å². The minimum atomic E-state index is -3.88. The number of aromatic nitrogens is 1. The van der Waals surface area contributed by atoms with Crippen molar-refractivity contribution < 1.29 is 12.8 Å². The lowest BCUT2D eigenvalue weighted by atomic mass is 10.0. The Morgan fingerprint density at radius 2 is 1.94 bits per heavy atom. The Hall–Kier alpha value is -2.00. The Morgan fingerprint density at radius 1 is 1.22 bits per heavy atom. The number of hydrogen-bond acceptors (Lipinski definition) is 6. The van der Waals surface area contributed by atoms with Gasteiger partial charge in [0.2, 0.25) is 0 Å². The molecular weight excluding hydrogens is 469 g/mol. The Bertz CT molecular complexity index is 1150. The van der Waals surface area contributed by atoms with Crippen LogP contribution in [0.1, 0.15) is 23.4 Å². The molecule has 0 N–H and O–H groups in total. The third kappa shape index (κ3) is 5.31. The van der Waals surface area contributed by atoms with Crippen LogP contribution in [0, 0.1) is 5.82 Å². The fourth-order valence-electron chi connectivity index (χ4n) is 4.09. The van der Waals surface area contributed by atoms with E-state index in [0.717, 1.165) is 32.5 Å². The van der Waals surface area contributed by atoms with Crippen LogP contribution in [-0.2, 0) is 22.1 Å². The molecule has 5 nitrogen and oxygen atoms in total. The topological polar surface area (TPSA) is 53.5 Å². The molecule has 4 rings (SSSR count). The first-order chi connectivity index (χ1) is 15.3. The fourth-order valence-corrected chi connectivity index (χ4v) is 6.80. The number of likely N-dealkylation sites (tertiary alicyclic amines) is 1. The van der Waals surface area contributed by atoms with Crippen LogP contribution in [0.5, 0.6) is 0 Å². The molecule has 0 unspecified atom stereocenters. The fraction of sp³-hybridized carbons (Fsp3) is 0.348. The van der Waals surface area contributed by atoms with Gasteiger partial charge in [-0.25, -0.2) is 17.8 Å². The molecule has 1 fully saturated rings. The van der Waals surface area contributed by atoms with Gasteiger partial charge in [-0.1, -0.05) is 41.9 Å². The second kappa shape index (κ2) is 9.87. The van der Waals surface area contributed by atoms with Crippen LogP contribution in [0.2, 0.25) is 5.02 Å². The quantitative estimate of drug-likeness (QED) is 0.463. The third-order valence-corrected chi connectivity index (χ3v) is 8.77. The van der Waals surface area contributed by atoms with Crippen LogP contribution in [0.15, 0.2) is 58.9 Å². The van der Waals surface area contributed by atoms with Crippen molar-refractivity contribution in [3.8, 4) is 0 Å². The van der Waals surface area contributed by atoms with Gasteiger partial charge in [0, 0.05) is 50.4 Å². The molecule has 1 aliphatic rings. The maximum Gasteiger partial charge on any atom is 0.187 e. The standard InChI is InChI=1S/C23H25ClFN3O2S2/c1-27(18-7-10-28(11-8-18)15-17-5-3-2-4-6-17)21-14-20(25)22(13-19(21)24)32(29,30)16-23-26-9-12-31-23/h2-6,9,12-14,18H,7-8,10-11,15-16H2,1H3. The minimum absolute atomic E-state index is 0.205. The zero-order valence-electron chi connectivity index (χ0n) is 17.7. The number of hydrogen-bond donors (Lipinski definition) is 0. The van der Waals surface area contributed by atoms with Gasteiger partial charge < -0.3 is 4.90 Å². The average Bonchev–Trinajstić information content (AvgIpc) is 3.28. The second-order valence-corrected chi connectivity index (χ2v) is 11.4. The Balaban J connectivity index is 1.44. The SMILES string of the molecule is CN(c1cc(F)c(S(=O)(=O)Cc2nccs2)cc1Cl)C1CCN(Cc2ccccc2)CC1. The predicted molar refractivity (Wildman–Crippen MR) is 128 cm³/mol. The number of piperidine rings is 1. The number of benzene rings is 2. The molecule has 170 valence electrons. The summed E-state index contributed by atoms with van der Waals surface area (Å²) in [5.74, 6) is -1.12. The summed E-state index contributed by atoms with van der Waals surface area (Å²) >= 11 is 7.67. The molecule has 1 aliphatic heterocycles. The van der Waals surface area contributed by atoms with Gasteiger partial charge in [-0.2, -0.15) is 0 Å². The number of rotatable bonds is 7. The first-order valence-electron chi connectivity index (χ1n) is 10.4. The smallest absolute Gasteiger partial charge is 0.187 e. The lowest BCUT2D eigenvalue weighted by Gasteiger charge is -2.38. The first-order valence-corrected chi connectivity index (χ1v) is 13.3. The van der Waals surface area contributed by atoms with Gasteiger partial charge in [0.1, 0.15) is 21.5 Å². The average molecular weight is 494 g/mol. The summed E-state index contributed by atoms with van der Waals surface area (Å²) in [5, 5.41) is 2.35. The monoisotopic (exact) mass is 493 g/mol. The summed E-state index contributed by atoms with van der Waals surface area (Å²) in [6.07, 6.45) is 3.37. The second-order valence-electron chi connectivity index (χ2n) is 8.02. The van der Waals surface area contributed by atoms with E-state index in [9.17, 15) is 12.8 Å². The summed E-state index contributed by atoms with van der Waals surface area (Å²) in [5.41, 5.74) is 1.80. The van der Waals surface area contributed by atoms with Gasteiger partial charge >= 0.3 is 0 Å². The van der Waals surface area contributed by atoms with Crippen molar-refractivity contribution in [3.05, 3.63) is 75.5 Å². The number of thiazole rings is 1. The highest BCUT2D eigenvalue weighted by Gasteiger charge is 2.27. The van der Waals surface area contributed by atoms with E-state index in [-0.39, 0.29) is 21.7 Å². The van der Waals surface area contributed by atoms with Crippen molar-refractivity contribution in [2.45, 2.75) is 36.1 Å². The van der Waals surface area contributed by atoms with E-state index in [1.165, 1.54) is 35.2 Å². The van der Waals surface area contributed by atoms with Crippen LogP contribution in [0.4, 0.5) is 10.1 Å². The van der Waals surface area contributed by atoms with E-state index in [1.807, 2.05) is 30.1 Å². The molecule has 1 saturated heterocycles. The van der Waals surface area contributed by atoms with Crippen molar-refractivity contribution in [1.29, 1.82) is 0 Å². The molecular formula is C23H25ClFN3O2S2. The van der Waals surface area contributed by atoms with Crippen LogP contribution in [0.25, 0.3) is 0 Å². The van der Waals surface area contributed by atoms with Gasteiger partial charge in [0.25, 0.3) is 0 Å². The summed E-state index contributed by atoms with van der Waals surface area (Å²) in [7, 11) is -1.99. The van der Waals surface area contributed by atoms with E-state index in [2.05, 4.69) is 22.0 Å². The van der Waals surface area contributed by atoms with E-state index >= 15 is 0 Å². The highest BCUT2D eigenvalue weighted by Crippen LogP contribution is 2.34. The Morgan fingerprint density at radius 3 is 2.59 bits per heavy atom. The molecule has 2 heterocycles. The highest BCUT2D eigenvalue weighted by molar-refractivity contribution is 7.90. The van der Waals surface area contributed by atoms with Crippen LogP contribution < -0.4 is 4.90 Å². The van der Waals surface area contributed by atoms with Crippen LogP contribution in [0.3, 0.4) is 0 Å². The van der Waals surface area contributed by atoms with Gasteiger partial charge in [0.15, 0.2) is 9.84 Å². The van der Waals surface area contributed by atoms with Crippen molar-refractivity contribution in [3.63, 3.8) is 0 Å². The van der Waals surface area contributed by atoms with Crippen LogP contribution >= 0.6 is 22.9 Å². The Kier molecular flexibility index (Phi) is 7.14. The molecule has 0 bridgehead atoms. The normalized spacial score (nSPS) is 15.7. The van der Waals surface area contributed by atoms with E-state index in [0.29, 0.717) is 10.7 Å². The molecule has 0 saturated carbocycles. The summed E-state index contributed by atoms with van der Waals surface area (Å²) < 4.78 is 40.3. The molecule has 2 aromatic carbocycles. The van der Waals surface area contributed by atoms with Crippen molar-refractivity contribution >= 4 is 38.5 Å². The molecule has 0 radical (unpaired) electrons. The number of anilines is 1. The van der Waals surface area contributed by atoms with E-state index < -0.39 is 15.7 Å². The molecule has 32 heavy (non-hydrogen) atoms. The zero-order valence-corrected chi connectivity index (χ0v) is 20.1. The van der Waals surface area contributed by atoms with Crippen molar-refractivity contribution in [1.82, 2.24) is 9.88 Å². The van der Waals surface area contributed by atoms with Gasteiger partial charge in [-0.3, -0.25) is 4.90 Å². The molecule has 0 atom stereocenters. The van der Waals surface area contributed by atoms with Crippen molar-refractivity contribution in [2.24, 2.45) is 0 Å². The van der Waals surface area contributed by atoms with E-state index in [1.54, 1.807) is 5.38 Å². The van der Waals surface area contributed by atoms with Gasteiger partial charge in [-0.05, 0) is 24.5 Å². The number of sulfone groups is 1. The minimum Gasteiger partial charge on any atom is -0.370 e. The predicted octanol–water partition coefficient (Wildman–Crippen LogP) is 5.01. The Labute approximate surface area is 197 Å². The molecule has 9 heteroatoms. The summed E-state index contributed by atoms with van der Waals surface area (Å²) in [6, 6.07) is 13.1. The zero-order chi connectivity index (χ0) is 22.7. The largest absolute Gasteiger partial charge is 0.370 e. The highest BCUT2D eigenvalue weighted by atomic mass is 35.5. The molecule has 0 aliphatic carbocycles.